The fourth-order valence-electron chi connectivity index (χ4n) is 3.13. The molecule has 0 atom stereocenters. The summed E-state index contributed by atoms with van der Waals surface area (Å²) in [5.41, 5.74) is 2.33. The Hall–Kier alpha value is -3.29. The molecule has 8 nitrogen and oxygen atoms in total. The summed E-state index contributed by atoms with van der Waals surface area (Å²) in [6, 6.07) is 10.3. The highest BCUT2D eigenvalue weighted by molar-refractivity contribution is 5.94. The van der Waals surface area contributed by atoms with Gasteiger partial charge in [-0.25, -0.2) is 9.67 Å². The summed E-state index contributed by atoms with van der Waals surface area (Å²) in [4.78, 5) is 9.10. The molecular formula is C18H17N7O. The number of rotatable bonds is 4. The van der Waals surface area contributed by atoms with Crippen molar-refractivity contribution in [2.24, 2.45) is 0 Å². The number of pyridine rings is 1. The molecule has 0 aliphatic heterocycles. The van der Waals surface area contributed by atoms with E-state index in [0.29, 0.717) is 23.5 Å². The van der Waals surface area contributed by atoms with E-state index in [9.17, 15) is 0 Å². The predicted octanol–water partition coefficient (Wildman–Crippen LogP) is 3.31. The molecule has 3 heterocycles. The monoisotopic (exact) mass is 347 g/mol. The van der Waals surface area contributed by atoms with Gasteiger partial charge in [-0.05, 0) is 31.4 Å². The third-order valence-electron chi connectivity index (χ3n) is 4.82. The van der Waals surface area contributed by atoms with Crippen LogP contribution in [0.3, 0.4) is 0 Å². The second-order valence-corrected chi connectivity index (χ2v) is 6.41. The van der Waals surface area contributed by atoms with E-state index < -0.39 is 0 Å². The van der Waals surface area contributed by atoms with Crippen molar-refractivity contribution in [3.05, 3.63) is 36.5 Å². The van der Waals surface area contributed by atoms with Crippen LogP contribution in [0.1, 0.15) is 25.3 Å². The Kier molecular flexibility index (Phi) is 3.41. The zero-order chi connectivity index (χ0) is 17.5. The molecule has 130 valence electrons. The maximum Gasteiger partial charge on any atom is 0.280 e. The first-order valence-corrected chi connectivity index (χ1v) is 8.65. The molecular weight excluding hydrogens is 330 g/mol. The Morgan fingerprint density at radius 1 is 1.19 bits per heavy atom. The molecule has 0 unspecified atom stereocenters. The highest BCUT2D eigenvalue weighted by atomic mass is 16.5. The number of nitrogens with zero attached hydrogens (tertiary/aromatic N) is 6. The van der Waals surface area contributed by atoms with Gasteiger partial charge < -0.3 is 9.84 Å². The maximum absolute atomic E-state index is 5.45. The molecule has 0 spiro atoms. The van der Waals surface area contributed by atoms with Crippen LogP contribution in [-0.4, -0.2) is 37.2 Å². The lowest BCUT2D eigenvalue weighted by Crippen LogP contribution is -2.17. The van der Waals surface area contributed by atoms with E-state index in [4.69, 9.17) is 4.52 Å². The zero-order valence-corrected chi connectivity index (χ0v) is 14.3. The minimum atomic E-state index is 0.373. The fraction of sp³-hybridized carbons (Fsp3) is 0.278. The standard InChI is InChI=1S/C18H17N7O/c1-19-16-9-13(12-7-2-3-8-14(12)20-16)17-21-18(26-23-17)15-10-25(24-22-15)11-5-4-6-11/h2-3,7-11H,4-6H2,1H3,(H,19,20). The van der Waals surface area contributed by atoms with Crippen molar-refractivity contribution in [2.45, 2.75) is 25.3 Å². The molecule has 1 fully saturated rings. The molecule has 3 aromatic heterocycles. The van der Waals surface area contributed by atoms with Gasteiger partial charge in [0.2, 0.25) is 5.82 Å². The number of para-hydroxylation sites is 1. The van der Waals surface area contributed by atoms with Crippen molar-refractivity contribution in [2.75, 3.05) is 12.4 Å². The Bertz CT molecular complexity index is 1080. The van der Waals surface area contributed by atoms with Crippen LogP contribution < -0.4 is 5.32 Å². The zero-order valence-electron chi connectivity index (χ0n) is 14.3. The number of benzene rings is 1. The van der Waals surface area contributed by atoms with Crippen LogP contribution in [0.5, 0.6) is 0 Å². The van der Waals surface area contributed by atoms with Gasteiger partial charge in [-0.1, -0.05) is 28.6 Å². The van der Waals surface area contributed by atoms with Crippen molar-refractivity contribution in [1.29, 1.82) is 0 Å². The molecule has 0 radical (unpaired) electrons. The highest BCUT2D eigenvalue weighted by Crippen LogP contribution is 2.32. The fourth-order valence-corrected chi connectivity index (χ4v) is 3.13. The molecule has 1 saturated carbocycles. The molecule has 1 aliphatic rings. The molecule has 1 aliphatic carbocycles. The average Bonchev–Trinajstić information content (AvgIpc) is 3.29. The number of nitrogens with one attached hydrogen (secondary N) is 1. The first-order valence-electron chi connectivity index (χ1n) is 8.65. The lowest BCUT2D eigenvalue weighted by molar-refractivity contribution is 0.284. The summed E-state index contributed by atoms with van der Waals surface area (Å²) in [5.74, 6) is 1.63. The normalized spacial score (nSPS) is 14.5. The predicted molar refractivity (Wildman–Crippen MR) is 96.5 cm³/mol. The SMILES string of the molecule is CNc1cc(-c2noc(-c3cn(C4CCC4)nn3)n2)c2ccccc2n1. The van der Waals surface area contributed by atoms with Gasteiger partial charge in [0.1, 0.15) is 5.82 Å². The van der Waals surface area contributed by atoms with E-state index in [-0.39, 0.29) is 0 Å². The molecule has 5 rings (SSSR count). The molecule has 1 N–H and O–H groups in total. The van der Waals surface area contributed by atoms with Gasteiger partial charge in [-0.3, -0.25) is 0 Å². The summed E-state index contributed by atoms with van der Waals surface area (Å²) in [7, 11) is 1.83. The average molecular weight is 347 g/mol. The van der Waals surface area contributed by atoms with E-state index in [0.717, 1.165) is 35.1 Å². The number of anilines is 1. The van der Waals surface area contributed by atoms with E-state index in [1.54, 1.807) is 0 Å². The third kappa shape index (κ3) is 2.42. The van der Waals surface area contributed by atoms with Crippen molar-refractivity contribution in [1.82, 2.24) is 30.1 Å². The first-order chi connectivity index (χ1) is 12.8. The first kappa shape index (κ1) is 15.0. The second kappa shape index (κ2) is 5.91. The van der Waals surface area contributed by atoms with Crippen LogP contribution in [0.25, 0.3) is 33.9 Å². The molecule has 0 saturated heterocycles. The topological polar surface area (TPSA) is 94.6 Å². The lowest BCUT2D eigenvalue weighted by atomic mass is 9.93. The molecule has 4 aromatic rings. The van der Waals surface area contributed by atoms with Crippen LogP contribution in [0, 0.1) is 0 Å². The van der Waals surface area contributed by atoms with Gasteiger partial charge in [-0.15, -0.1) is 5.10 Å². The smallest absolute Gasteiger partial charge is 0.280 e. The number of hydrogen-bond acceptors (Lipinski definition) is 7. The molecule has 1 aromatic carbocycles. The van der Waals surface area contributed by atoms with Crippen molar-refractivity contribution < 1.29 is 4.52 Å². The van der Waals surface area contributed by atoms with Crippen LogP contribution >= 0.6 is 0 Å². The van der Waals surface area contributed by atoms with Crippen molar-refractivity contribution >= 4 is 16.7 Å². The van der Waals surface area contributed by atoms with Crippen molar-refractivity contribution in [3.63, 3.8) is 0 Å². The number of hydrogen-bond donors (Lipinski definition) is 1. The van der Waals surface area contributed by atoms with Gasteiger partial charge in [0, 0.05) is 18.0 Å². The van der Waals surface area contributed by atoms with Gasteiger partial charge in [0.15, 0.2) is 5.69 Å². The van der Waals surface area contributed by atoms with E-state index in [2.05, 4.69) is 30.8 Å². The van der Waals surface area contributed by atoms with Crippen LogP contribution in [0.2, 0.25) is 0 Å². The Morgan fingerprint density at radius 2 is 2.08 bits per heavy atom. The summed E-state index contributed by atoms with van der Waals surface area (Å²) in [6.07, 6.45) is 5.42. The Balaban J connectivity index is 1.56. The molecule has 26 heavy (non-hydrogen) atoms. The van der Waals surface area contributed by atoms with Crippen LogP contribution in [0.15, 0.2) is 41.1 Å². The molecule has 0 bridgehead atoms. The molecule has 8 heteroatoms. The summed E-state index contributed by atoms with van der Waals surface area (Å²) in [5, 5.41) is 16.6. The Morgan fingerprint density at radius 3 is 2.88 bits per heavy atom. The quantitative estimate of drug-likeness (QED) is 0.605. The minimum absolute atomic E-state index is 0.373. The summed E-state index contributed by atoms with van der Waals surface area (Å²) >= 11 is 0. The van der Waals surface area contributed by atoms with Crippen molar-refractivity contribution in [3.8, 4) is 23.0 Å². The highest BCUT2D eigenvalue weighted by Gasteiger charge is 2.23. The minimum Gasteiger partial charge on any atom is -0.373 e. The van der Waals surface area contributed by atoms with Gasteiger partial charge in [-0.2, -0.15) is 4.98 Å². The summed E-state index contributed by atoms with van der Waals surface area (Å²) < 4.78 is 7.35. The van der Waals surface area contributed by atoms with Crippen LogP contribution in [-0.2, 0) is 0 Å². The summed E-state index contributed by atoms with van der Waals surface area (Å²) in [6.45, 7) is 0. The largest absolute Gasteiger partial charge is 0.373 e. The van der Waals surface area contributed by atoms with E-state index in [1.807, 2.05) is 48.3 Å². The van der Waals surface area contributed by atoms with E-state index >= 15 is 0 Å². The van der Waals surface area contributed by atoms with Gasteiger partial charge >= 0.3 is 0 Å². The number of aromatic nitrogens is 6. The van der Waals surface area contributed by atoms with Gasteiger partial charge in [0.05, 0.1) is 17.8 Å². The number of fused-ring (bicyclic) bond motifs is 1. The van der Waals surface area contributed by atoms with Gasteiger partial charge in [0.25, 0.3) is 5.89 Å². The Labute approximate surface area is 149 Å². The second-order valence-electron chi connectivity index (χ2n) is 6.41. The maximum atomic E-state index is 5.45. The van der Waals surface area contributed by atoms with E-state index in [1.165, 1.54) is 6.42 Å². The lowest BCUT2D eigenvalue weighted by Gasteiger charge is -2.24. The third-order valence-corrected chi connectivity index (χ3v) is 4.82. The molecule has 0 amide bonds. The van der Waals surface area contributed by atoms with Crippen LogP contribution in [0.4, 0.5) is 5.82 Å².